The van der Waals surface area contributed by atoms with Crippen molar-refractivity contribution in [1.82, 2.24) is 4.90 Å². The Balaban J connectivity index is 1.65. The molecule has 0 saturated heterocycles. The Morgan fingerprint density at radius 2 is 1.58 bits per heavy atom. The van der Waals surface area contributed by atoms with Gasteiger partial charge in [-0.15, -0.1) is 0 Å². The summed E-state index contributed by atoms with van der Waals surface area (Å²) in [5, 5.41) is 0. The summed E-state index contributed by atoms with van der Waals surface area (Å²) in [4.78, 5) is 14.7. The van der Waals surface area contributed by atoms with E-state index in [1.807, 2.05) is 47.4 Å². The van der Waals surface area contributed by atoms with Crippen LogP contribution in [0.5, 0.6) is 0 Å². The standard InChI is InChI=1S/C23H25NO2/c1-2-19-10-12-20(13-11-19)14-15-23(25)24(18-22-9-6-16-26-22)17-21-7-4-3-5-8-21/h3-13,16H,2,14-15,17-18H2,1H3. The molecule has 0 spiro atoms. The zero-order valence-electron chi connectivity index (χ0n) is 15.2. The van der Waals surface area contributed by atoms with Crippen LogP contribution in [0.2, 0.25) is 0 Å². The van der Waals surface area contributed by atoms with Crippen LogP contribution in [-0.4, -0.2) is 10.8 Å². The largest absolute Gasteiger partial charge is 0.467 e. The molecule has 0 aliphatic carbocycles. The van der Waals surface area contributed by atoms with Gasteiger partial charge in [0.15, 0.2) is 0 Å². The molecule has 0 N–H and O–H groups in total. The molecule has 134 valence electrons. The number of rotatable bonds is 8. The Hall–Kier alpha value is -2.81. The average molecular weight is 347 g/mol. The van der Waals surface area contributed by atoms with Crippen LogP contribution in [0.25, 0.3) is 0 Å². The molecule has 0 radical (unpaired) electrons. The van der Waals surface area contributed by atoms with Gasteiger partial charge in [-0.25, -0.2) is 0 Å². The van der Waals surface area contributed by atoms with Gasteiger partial charge in [-0.3, -0.25) is 4.79 Å². The number of nitrogens with zero attached hydrogens (tertiary/aromatic N) is 1. The molecule has 0 fully saturated rings. The number of hydrogen-bond acceptors (Lipinski definition) is 2. The second-order valence-electron chi connectivity index (χ2n) is 6.48. The first kappa shape index (κ1) is 18.0. The van der Waals surface area contributed by atoms with Crippen molar-refractivity contribution in [2.75, 3.05) is 0 Å². The first-order chi connectivity index (χ1) is 12.7. The summed E-state index contributed by atoms with van der Waals surface area (Å²) in [6.07, 6.45) is 3.94. The average Bonchev–Trinajstić information content (AvgIpc) is 3.20. The first-order valence-electron chi connectivity index (χ1n) is 9.16. The van der Waals surface area contributed by atoms with Crippen molar-refractivity contribution in [3.05, 3.63) is 95.4 Å². The minimum atomic E-state index is 0.143. The van der Waals surface area contributed by atoms with Crippen LogP contribution in [0, 0.1) is 0 Å². The molecule has 1 amide bonds. The number of hydrogen-bond donors (Lipinski definition) is 0. The molecule has 0 unspecified atom stereocenters. The highest BCUT2D eigenvalue weighted by molar-refractivity contribution is 5.76. The molecule has 0 aliphatic heterocycles. The molecular weight excluding hydrogens is 322 g/mol. The fraction of sp³-hybridized carbons (Fsp3) is 0.261. The molecule has 3 heteroatoms. The van der Waals surface area contributed by atoms with E-state index in [0.717, 1.165) is 24.2 Å². The lowest BCUT2D eigenvalue weighted by atomic mass is 10.1. The molecule has 0 atom stereocenters. The van der Waals surface area contributed by atoms with Gasteiger partial charge in [0.1, 0.15) is 5.76 Å². The summed E-state index contributed by atoms with van der Waals surface area (Å²) in [5.41, 5.74) is 3.65. The maximum Gasteiger partial charge on any atom is 0.223 e. The maximum atomic E-state index is 12.9. The number of amides is 1. The van der Waals surface area contributed by atoms with Crippen LogP contribution in [-0.2, 0) is 30.7 Å². The van der Waals surface area contributed by atoms with Crippen LogP contribution in [0.1, 0.15) is 35.8 Å². The summed E-state index contributed by atoms with van der Waals surface area (Å²) in [5.74, 6) is 0.950. The van der Waals surface area contributed by atoms with Crippen molar-refractivity contribution < 1.29 is 9.21 Å². The third-order valence-electron chi connectivity index (χ3n) is 4.55. The predicted octanol–water partition coefficient (Wildman–Crippen LogP) is 5.00. The van der Waals surface area contributed by atoms with E-state index in [-0.39, 0.29) is 5.91 Å². The topological polar surface area (TPSA) is 33.5 Å². The van der Waals surface area contributed by atoms with E-state index in [1.165, 1.54) is 11.1 Å². The molecule has 2 aromatic carbocycles. The smallest absolute Gasteiger partial charge is 0.223 e. The van der Waals surface area contributed by atoms with E-state index < -0.39 is 0 Å². The Bertz CT molecular complexity index is 792. The number of furan rings is 1. The summed E-state index contributed by atoms with van der Waals surface area (Å²) in [7, 11) is 0. The minimum Gasteiger partial charge on any atom is -0.467 e. The van der Waals surface area contributed by atoms with E-state index in [1.54, 1.807) is 6.26 Å². The van der Waals surface area contributed by atoms with Gasteiger partial charge in [0.05, 0.1) is 12.8 Å². The van der Waals surface area contributed by atoms with Gasteiger partial charge in [-0.2, -0.15) is 0 Å². The number of carbonyl (C=O) groups is 1. The predicted molar refractivity (Wildman–Crippen MR) is 104 cm³/mol. The maximum absolute atomic E-state index is 12.9. The lowest BCUT2D eigenvalue weighted by Crippen LogP contribution is -2.30. The second-order valence-corrected chi connectivity index (χ2v) is 6.48. The van der Waals surface area contributed by atoms with E-state index in [2.05, 4.69) is 31.2 Å². The van der Waals surface area contributed by atoms with Crippen molar-refractivity contribution in [3.8, 4) is 0 Å². The molecule has 0 bridgehead atoms. The van der Waals surface area contributed by atoms with Gasteiger partial charge in [0, 0.05) is 13.0 Å². The minimum absolute atomic E-state index is 0.143. The Labute approximate surface area is 155 Å². The molecule has 0 saturated carbocycles. The monoisotopic (exact) mass is 347 g/mol. The number of carbonyl (C=O) groups excluding carboxylic acids is 1. The fourth-order valence-electron chi connectivity index (χ4n) is 2.98. The Morgan fingerprint density at radius 3 is 2.23 bits per heavy atom. The van der Waals surface area contributed by atoms with Crippen LogP contribution >= 0.6 is 0 Å². The van der Waals surface area contributed by atoms with Crippen LogP contribution in [0.3, 0.4) is 0 Å². The van der Waals surface area contributed by atoms with Crippen molar-refractivity contribution >= 4 is 5.91 Å². The highest BCUT2D eigenvalue weighted by atomic mass is 16.3. The molecule has 3 nitrogen and oxygen atoms in total. The highest BCUT2D eigenvalue weighted by Gasteiger charge is 2.16. The van der Waals surface area contributed by atoms with E-state index in [4.69, 9.17) is 4.42 Å². The normalized spacial score (nSPS) is 10.7. The van der Waals surface area contributed by atoms with Gasteiger partial charge in [-0.1, -0.05) is 61.5 Å². The summed E-state index contributed by atoms with van der Waals surface area (Å²) < 4.78 is 5.45. The quantitative estimate of drug-likeness (QED) is 0.574. The van der Waals surface area contributed by atoms with Gasteiger partial charge < -0.3 is 9.32 Å². The molecule has 3 aromatic rings. The van der Waals surface area contributed by atoms with Crippen LogP contribution < -0.4 is 0 Å². The molecule has 1 heterocycles. The molecule has 26 heavy (non-hydrogen) atoms. The molecule has 3 rings (SSSR count). The number of benzene rings is 2. The fourth-order valence-corrected chi connectivity index (χ4v) is 2.98. The molecule has 0 aliphatic rings. The third kappa shape index (κ3) is 5.09. The summed E-state index contributed by atoms with van der Waals surface area (Å²) >= 11 is 0. The summed E-state index contributed by atoms with van der Waals surface area (Å²) in [6.45, 7) is 3.24. The SMILES string of the molecule is CCc1ccc(CCC(=O)N(Cc2ccccc2)Cc2ccco2)cc1. The van der Waals surface area contributed by atoms with Gasteiger partial charge >= 0.3 is 0 Å². The van der Waals surface area contributed by atoms with Gasteiger partial charge in [-0.05, 0) is 41.7 Å². The summed E-state index contributed by atoms with van der Waals surface area (Å²) in [6, 6.07) is 22.4. The molecular formula is C23H25NO2. The van der Waals surface area contributed by atoms with Crippen LogP contribution in [0.15, 0.2) is 77.4 Å². The first-order valence-corrected chi connectivity index (χ1v) is 9.16. The van der Waals surface area contributed by atoms with E-state index in [0.29, 0.717) is 19.5 Å². The Morgan fingerprint density at radius 1 is 0.846 bits per heavy atom. The van der Waals surface area contributed by atoms with Gasteiger partial charge in [0.2, 0.25) is 5.91 Å². The van der Waals surface area contributed by atoms with E-state index in [9.17, 15) is 4.79 Å². The van der Waals surface area contributed by atoms with Crippen LogP contribution in [0.4, 0.5) is 0 Å². The lowest BCUT2D eigenvalue weighted by molar-refractivity contribution is -0.132. The zero-order chi connectivity index (χ0) is 18.2. The third-order valence-corrected chi connectivity index (χ3v) is 4.55. The Kier molecular flexibility index (Phi) is 6.26. The van der Waals surface area contributed by atoms with E-state index >= 15 is 0 Å². The highest BCUT2D eigenvalue weighted by Crippen LogP contribution is 2.14. The molecule has 1 aromatic heterocycles. The second kappa shape index (κ2) is 9.04. The van der Waals surface area contributed by atoms with Crippen molar-refractivity contribution in [2.45, 2.75) is 39.3 Å². The van der Waals surface area contributed by atoms with Crippen molar-refractivity contribution in [1.29, 1.82) is 0 Å². The van der Waals surface area contributed by atoms with Gasteiger partial charge in [0.25, 0.3) is 0 Å². The number of aryl methyl sites for hydroxylation is 2. The zero-order valence-corrected chi connectivity index (χ0v) is 15.2. The lowest BCUT2D eigenvalue weighted by Gasteiger charge is -2.22. The van der Waals surface area contributed by atoms with Crippen molar-refractivity contribution in [2.24, 2.45) is 0 Å². The van der Waals surface area contributed by atoms with Crippen molar-refractivity contribution in [3.63, 3.8) is 0 Å².